The molecule has 1 aromatic heterocycles. The van der Waals surface area contributed by atoms with E-state index in [0.717, 1.165) is 0 Å². The van der Waals surface area contributed by atoms with E-state index in [-0.39, 0.29) is 0 Å². The molecule has 6 heteroatoms. The van der Waals surface area contributed by atoms with Crippen LogP contribution in [0.4, 0.5) is 0 Å². The van der Waals surface area contributed by atoms with Crippen LogP contribution in [0.5, 0.6) is 0 Å². The molecule has 92 valence electrons. The molecule has 1 amide bonds. The molecular formula is C11H13BrN2O3. The van der Waals surface area contributed by atoms with Gasteiger partial charge in [0.05, 0.1) is 0 Å². The van der Waals surface area contributed by atoms with Crippen molar-refractivity contribution in [3.63, 3.8) is 0 Å². The van der Waals surface area contributed by atoms with Crippen molar-refractivity contribution >= 4 is 27.8 Å². The standard InChI is InChI=1S/C11H13BrN2O3/c1-3-11(2,10(16)17)14-9(15)7-4-5-13-8(12)6-7/h4-6H,3H2,1-2H3,(H,14,15)(H,16,17). The van der Waals surface area contributed by atoms with E-state index in [0.29, 0.717) is 16.6 Å². The first kappa shape index (κ1) is 13.6. The Balaban J connectivity index is 2.89. The number of rotatable bonds is 4. The number of aliphatic carboxylic acids is 1. The van der Waals surface area contributed by atoms with Crippen molar-refractivity contribution in [3.05, 3.63) is 28.5 Å². The van der Waals surface area contributed by atoms with Crippen LogP contribution in [0.15, 0.2) is 22.9 Å². The maximum Gasteiger partial charge on any atom is 0.329 e. The molecule has 0 aliphatic rings. The molecule has 1 atom stereocenters. The summed E-state index contributed by atoms with van der Waals surface area (Å²) in [6.45, 7) is 3.18. The fourth-order valence-electron chi connectivity index (χ4n) is 1.16. The molecule has 1 heterocycles. The average Bonchev–Trinajstić information content (AvgIpc) is 2.28. The Hall–Kier alpha value is -1.43. The van der Waals surface area contributed by atoms with Gasteiger partial charge in [-0.1, -0.05) is 6.92 Å². The Morgan fingerprint density at radius 1 is 1.59 bits per heavy atom. The predicted octanol–water partition coefficient (Wildman–Crippen LogP) is 1.83. The van der Waals surface area contributed by atoms with Crippen LogP contribution in [0.1, 0.15) is 30.6 Å². The van der Waals surface area contributed by atoms with E-state index in [9.17, 15) is 9.59 Å². The first-order valence-corrected chi connectivity index (χ1v) is 5.86. The fraction of sp³-hybridized carbons (Fsp3) is 0.364. The van der Waals surface area contributed by atoms with Gasteiger partial charge in [0.15, 0.2) is 0 Å². The minimum absolute atomic E-state index is 0.306. The molecule has 1 aromatic rings. The lowest BCUT2D eigenvalue weighted by Crippen LogP contribution is -2.51. The zero-order valence-corrected chi connectivity index (χ0v) is 11.1. The lowest BCUT2D eigenvalue weighted by molar-refractivity contribution is -0.143. The van der Waals surface area contributed by atoms with Crippen LogP contribution in [0.2, 0.25) is 0 Å². The van der Waals surface area contributed by atoms with Gasteiger partial charge in [0, 0.05) is 11.8 Å². The summed E-state index contributed by atoms with van der Waals surface area (Å²) in [4.78, 5) is 26.8. The second-order valence-electron chi connectivity index (χ2n) is 3.81. The fourth-order valence-corrected chi connectivity index (χ4v) is 1.52. The molecule has 0 saturated carbocycles. The number of hydrogen-bond donors (Lipinski definition) is 2. The van der Waals surface area contributed by atoms with Crippen molar-refractivity contribution in [1.29, 1.82) is 0 Å². The molecule has 5 nitrogen and oxygen atoms in total. The summed E-state index contributed by atoms with van der Waals surface area (Å²) in [6.07, 6.45) is 1.78. The molecule has 0 aromatic carbocycles. The van der Waals surface area contributed by atoms with Crippen LogP contribution in [-0.4, -0.2) is 27.5 Å². The zero-order valence-electron chi connectivity index (χ0n) is 9.53. The van der Waals surface area contributed by atoms with Crippen molar-refractivity contribution in [3.8, 4) is 0 Å². The molecule has 0 spiro atoms. The van der Waals surface area contributed by atoms with Crippen molar-refractivity contribution in [2.75, 3.05) is 0 Å². The van der Waals surface area contributed by atoms with Crippen molar-refractivity contribution < 1.29 is 14.7 Å². The summed E-state index contributed by atoms with van der Waals surface area (Å²) in [5.74, 6) is -1.48. The van der Waals surface area contributed by atoms with Gasteiger partial charge in [-0.3, -0.25) is 4.79 Å². The van der Waals surface area contributed by atoms with E-state index in [1.54, 1.807) is 6.92 Å². The van der Waals surface area contributed by atoms with Crippen LogP contribution >= 0.6 is 15.9 Å². The number of carbonyl (C=O) groups excluding carboxylic acids is 1. The Morgan fingerprint density at radius 2 is 2.24 bits per heavy atom. The summed E-state index contributed by atoms with van der Waals surface area (Å²) in [6, 6.07) is 3.06. The predicted molar refractivity (Wildman–Crippen MR) is 65.7 cm³/mol. The topological polar surface area (TPSA) is 79.3 Å². The monoisotopic (exact) mass is 300 g/mol. The van der Waals surface area contributed by atoms with E-state index in [4.69, 9.17) is 5.11 Å². The molecule has 17 heavy (non-hydrogen) atoms. The number of amides is 1. The number of aromatic nitrogens is 1. The number of carboxylic acid groups (broad SMARTS) is 1. The maximum absolute atomic E-state index is 11.9. The lowest BCUT2D eigenvalue weighted by Gasteiger charge is -2.24. The van der Waals surface area contributed by atoms with Gasteiger partial charge in [-0.15, -0.1) is 0 Å². The van der Waals surface area contributed by atoms with Gasteiger partial charge in [-0.25, -0.2) is 9.78 Å². The molecule has 1 unspecified atom stereocenters. The van der Waals surface area contributed by atoms with Gasteiger partial charge in [0.2, 0.25) is 0 Å². The highest BCUT2D eigenvalue weighted by atomic mass is 79.9. The minimum Gasteiger partial charge on any atom is -0.480 e. The first-order chi connectivity index (χ1) is 7.89. The van der Waals surface area contributed by atoms with E-state index in [2.05, 4.69) is 26.2 Å². The van der Waals surface area contributed by atoms with E-state index in [1.807, 2.05) is 0 Å². The third kappa shape index (κ3) is 3.26. The molecule has 1 rings (SSSR count). The first-order valence-electron chi connectivity index (χ1n) is 5.06. The summed E-state index contributed by atoms with van der Waals surface area (Å²) < 4.78 is 0.527. The maximum atomic E-state index is 11.9. The average molecular weight is 301 g/mol. The highest BCUT2D eigenvalue weighted by Gasteiger charge is 2.32. The number of carboxylic acids is 1. The van der Waals surface area contributed by atoms with Crippen molar-refractivity contribution in [2.45, 2.75) is 25.8 Å². The molecule has 2 N–H and O–H groups in total. The zero-order chi connectivity index (χ0) is 13.1. The normalized spacial score (nSPS) is 13.8. The number of pyridine rings is 1. The quantitative estimate of drug-likeness (QED) is 0.832. The Kier molecular flexibility index (Phi) is 4.22. The Labute approximate surface area is 107 Å². The number of halogens is 1. The molecule has 0 radical (unpaired) electrons. The van der Waals surface area contributed by atoms with E-state index >= 15 is 0 Å². The highest BCUT2D eigenvalue weighted by molar-refractivity contribution is 9.10. The van der Waals surface area contributed by atoms with Crippen LogP contribution in [0.25, 0.3) is 0 Å². The number of nitrogens with zero attached hydrogens (tertiary/aromatic N) is 1. The van der Waals surface area contributed by atoms with Gasteiger partial charge in [-0.2, -0.15) is 0 Å². The third-order valence-electron chi connectivity index (χ3n) is 2.56. The second kappa shape index (κ2) is 5.27. The summed E-state index contributed by atoms with van der Waals surface area (Å²) in [5, 5.41) is 11.5. The Morgan fingerprint density at radius 3 is 2.71 bits per heavy atom. The largest absolute Gasteiger partial charge is 0.480 e. The van der Waals surface area contributed by atoms with Crippen LogP contribution < -0.4 is 5.32 Å². The number of carbonyl (C=O) groups is 2. The lowest BCUT2D eigenvalue weighted by atomic mass is 9.98. The van der Waals surface area contributed by atoms with Gasteiger partial charge >= 0.3 is 5.97 Å². The summed E-state index contributed by atoms with van der Waals surface area (Å²) in [7, 11) is 0. The highest BCUT2D eigenvalue weighted by Crippen LogP contribution is 2.13. The van der Waals surface area contributed by atoms with Gasteiger partial charge in [0.25, 0.3) is 5.91 Å². The molecule has 0 saturated heterocycles. The van der Waals surface area contributed by atoms with Crippen LogP contribution in [0, 0.1) is 0 Å². The van der Waals surface area contributed by atoms with Crippen LogP contribution in [0.3, 0.4) is 0 Å². The van der Waals surface area contributed by atoms with Crippen molar-refractivity contribution in [1.82, 2.24) is 10.3 Å². The van der Waals surface area contributed by atoms with Gasteiger partial charge in [-0.05, 0) is 41.4 Å². The minimum atomic E-state index is -1.26. The summed E-state index contributed by atoms with van der Waals surface area (Å²) in [5.41, 5.74) is -0.889. The molecule has 0 aliphatic carbocycles. The Bertz CT molecular complexity index is 450. The number of nitrogens with one attached hydrogen (secondary N) is 1. The van der Waals surface area contributed by atoms with E-state index < -0.39 is 17.4 Å². The molecule has 0 bridgehead atoms. The van der Waals surface area contributed by atoms with Crippen LogP contribution in [-0.2, 0) is 4.79 Å². The second-order valence-corrected chi connectivity index (χ2v) is 4.62. The SMILES string of the molecule is CCC(C)(NC(=O)c1ccnc(Br)c1)C(=O)O. The van der Waals surface area contributed by atoms with Crippen molar-refractivity contribution in [2.24, 2.45) is 0 Å². The number of hydrogen-bond acceptors (Lipinski definition) is 3. The van der Waals surface area contributed by atoms with Gasteiger partial charge in [0.1, 0.15) is 10.1 Å². The summed E-state index contributed by atoms with van der Waals surface area (Å²) >= 11 is 3.15. The molecule has 0 fully saturated rings. The molecular weight excluding hydrogens is 288 g/mol. The molecule has 0 aliphatic heterocycles. The third-order valence-corrected chi connectivity index (χ3v) is 2.99. The van der Waals surface area contributed by atoms with Gasteiger partial charge < -0.3 is 10.4 Å². The smallest absolute Gasteiger partial charge is 0.329 e. The van der Waals surface area contributed by atoms with E-state index in [1.165, 1.54) is 25.3 Å².